The molecule has 5 heteroatoms. The minimum atomic E-state index is -0.0572. The summed E-state index contributed by atoms with van der Waals surface area (Å²) >= 11 is 6.54. The second kappa shape index (κ2) is 8.15. The van der Waals surface area contributed by atoms with E-state index in [0.717, 1.165) is 30.8 Å². The summed E-state index contributed by atoms with van der Waals surface area (Å²) in [6, 6.07) is 7.74. The summed E-state index contributed by atoms with van der Waals surface area (Å²) in [6.45, 7) is 6.96. The highest BCUT2D eigenvalue weighted by Gasteiger charge is 2.30. The lowest BCUT2D eigenvalue weighted by Crippen LogP contribution is -2.27. The van der Waals surface area contributed by atoms with Crippen molar-refractivity contribution >= 4 is 40.3 Å². The van der Waals surface area contributed by atoms with Crippen LogP contribution in [0.5, 0.6) is 5.75 Å². The zero-order chi connectivity index (χ0) is 15.9. The third-order valence-corrected chi connectivity index (χ3v) is 4.51. The lowest BCUT2D eigenvalue weighted by Gasteiger charge is -2.10. The van der Waals surface area contributed by atoms with Crippen LogP contribution in [0.1, 0.15) is 25.3 Å². The van der Waals surface area contributed by atoms with Crippen LogP contribution in [-0.2, 0) is 4.79 Å². The Hall–Kier alpha value is -1.59. The van der Waals surface area contributed by atoms with E-state index >= 15 is 0 Å². The molecule has 0 N–H and O–H groups in total. The number of amides is 1. The molecule has 116 valence electrons. The highest BCUT2D eigenvalue weighted by atomic mass is 32.2. The van der Waals surface area contributed by atoms with Crippen LogP contribution in [0.4, 0.5) is 0 Å². The van der Waals surface area contributed by atoms with Crippen LogP contribution in [0.15, 0.2) is 41.8 Å². The molecule has 1 saturated heterocycles. The number of rotatable bonds is 7. The van der Waals surface area contributed by atoms with Gasteiger partial charge in [0.2, 0.25) is 0 Å². The van der Waals surface area contributed by atoms with E-state index in [2.05, 4.69) is 13.5 Å². The molecule has 0 spiro atoms. The number of benzene rings is 1. The molecule has 0 radical (unpaired) electrons. The quantitative estimate of drug-likeness (QED) is 0.323. The van der Waals surface area contributed by atoms with Crippen molar-refractivity contribution in [2.24, 2.45) is 0 Å². The summed E-state index contributed by atoms with van der Waals surface area (Å²) in [5.74, 6) is 0.794. The molecule has 0 saturated carbocycles. The molecule has 1 aromatic carbocycles. The van der Waals surface area contributed by atoms with Crippen LogP contribution < -0.4 is 4.74 Å². The molecule has 1 aliphatic rings. The molecule has 1 fully saturated rings. The first-order valence-electron chi connectivity index (χ1n) is 7.25. The molecular formula is C17H19NO2S2. The summed E-state index contributed by atoms with van der Waals surface area (Å²) in [5.41, 5.74) is 0.960. The minimum absolute atomic E-state index is 0.0572. The second-order valence-corrected chi connectivity index (χ2v) is 6.53. The summed E-state index contributed by atoms with van der Waals surface area (Å²) in [6.07, 6.45) is 5.70. The number of hydrogen-bond donors (Lipinski definition) is 0. The highest BCUT2D eigenvalue weighted by Crippen LogP contribution is 2.32. The number of unbranched alkanes of at least 4 members (excludes halogenated alkanes) is 1. The number of ether oxygens (including phenoxy) is 1. The van der Waals surface area contributed by atoms with Gasteiger partial charge in [-0.05, 0) is 30.2 Å². The lowest BCUT2D eigenvalue weighted by molar-refractivity contribution is -0.121. The molecule has 0 unspecified atom stereocenters. The van der Waals surface area contributed by atoms with Crippen molar-refractivity contribution < 1.29 is 9.53 Å². The first-order chi connectivity index (χ1) is 10.7. The summed E-state index contributed by atoms with van der Waals surface area (Å²) in [5, 5.41) is 0. The number of nitrogens with zero attached hydrogens (tertiary/aromatic N) is 1. The van der Waals surface area contributed by atoms with Gasteiger partial charge in [0.15, 0.2) is 0 Å². The van der Waals surface area contributed by atoms with Crippen molar-refractivity contribution in [3.63, 3.8) is 0 Å². The van der Waals surface area contributed by atoms with Gasteiger partial charge in [0.05, 0.1) is 11.5 Å². The summed E-state index contributed by atoms with van der Waals surface area (Å²) in [4.78, 5) is 14.4. The monoisotopic (exact) mass is 333 g/mol. The fraction of sp³-hybridized carbons (Fsp3) is 0.294. The zero-order valence-electron chi connectivity index (χ0n) is 12.6. The number of carbonyl (C=O) groups excluding carboxylic acids is 1. The maximum absolute atomic E-state index is 12.2. The first-order valence-corrected chi connectivity index (χ1v) is 8.47. The average Bonchev–Trinajstić information content (AvgIpc) is 2.77. The van der Waals surface area contributed by atoms with Gasteiger partial charge in [0.25, 0.3) is 5.91 Å². The van der Waals surface area contributed by atoms with Gasteiger partial charge in [-0.15, -0.1) is 6.58 Å². The van der Waals surface area contributed by atoms with Gasteiger partial charge < -0.3 is 4.74 Å². The van der Waals surface area contributed by atoms with Crippen molar-refractivity contribution in [3.05, 3.63) is 47.4 Å². The Labute approximate surface area is 141 Å². The van der Waals surface area contributed by atoms with Crippen molar-refractivity contribution in [1.29, 1.82) is 0 Å². The lowest BCUT2D eigenvalue weighted by atomic mass is 10.2. The fourth-order valence-corrected chi connectivity index (χ4v) is 3.21. The van der Waals surface area contributed by atoms with Crippen LogP contribution in [0, 0.1) is 0 Å². The van der Waals surface area contributed by atoms with E-state index in [1.54, 1.807) is 11.0 Å². The van der Waals surface area contributed by atoms with E-state index in [0.29, 0.717) is 15.8 Å². The van der Waals surface area contributed by atoms with Gasteiger partial charge in [0.1, 0.15) is 10.1 Å². The molecule has 0 aromatic heterocycles. The zero-order valence-corrected chi connectivity index (χ0v) is 14.2. The summed E-state index contributed by atoms with van der Waals surface area (Å²) < 4.78 is 6.20. The molecule has 2 rings (SSSR count). The predicted octanol–water partition coefficient (Wildman–Crippen LogP) is 4.25. The Morgan fingerprint density at radius 3 is 2.73 bits per heavy atom. The Kier molecular flexibility index (Phi) is 6.21. The highest BCUT2D eigenvalue weighted by molar-refractivity contribution is 8.26. The van der Waals surface area contributed by atoms with Crippen LogP contribution in [0.25, 0.3) is 6.08 Å². The van der Waals surface area contributed by atoms with Crippen LogP contribution >= 0.6 is 24.0 Å². The second-order valence-electron chi connectivity index (χ2n) is 4.85. The van der Waals surface area contributed by atoms with E-state index in [4.69, 9.17) is 17.0 Å². The van der Waals surface area contributed by atoms with Crippen molar-refractivity contribution in [2.75, 3.05) is 13.2 Å². The number of carbonyl (C=O) groups is 1. The van der Waals surface area contributed by atoms with Gasteiger partial charge >= 0.3 is 0 Å². The minimum Gasteiger partial charge on any atom is -0.494 e. The van der Waals surface area contributed by atoms with Gasteiger partial charge in [-0.3, -0.25) is 9.69 Å². The van der Waals surface area contributed by atoms with E-state index in [-0.39, 0.29) is 5.91 Å². The van der Waals surface area contributed by atoms with Gasteiger partial charge in [-0.1, -0.05) is 55.5 Å². The summed E-state index contributed by atoms with van der Waals surface area (Å²) in [7, 11) is 0. The SMILES string of the molecule is C=CCN1C(=O)/C(=C/c2ccc(OCCCC)cc2)SC1=S. The normalized spacial score (nSPS) is 16.4. The van der Waals surface area contributed by atoms with Gasteiger partial charge in [-0.2, -0.15) is 0 Å². The molecule has 1 amide bonds. The first kappa shape index (κ1) is 16.8. The van der Waals surface area contributed by atoms with E-state index in [1.807, 2.05) is 30.3 Å². The number of hydrogen-bond acceptors (Lipinski definition) is 4. The third-order valence-electron chi connectivity index (χ3n) is 3.13. The molecule has 1 heterocycles. The van der Waals surface area contributed by atoms with Crippen molar-refractivity contribution in [3.8, 4) is 5.75 Å². The largest absolute Gasteiger partial charge is 0.494 e. The van der Waals surface area contributed by atoms with Crippen LogP contribution in [0.2, 0.25) is 0 Å². The predicted molar refractivity (Wildman–Crippen MR) is 96.9 cm³/mol. The van der Waals surface area contributed by atoms with Crippen molar-refractivity contribution in [2.45, 2.75) is 19.8 Å². The third kappa shape index (κ3) is 4.21. The van der Waals surface area contributed by atoms with Gasteiger partial charge in [-0.25, -0.2) is 0 Å². The van der Waals surface area contributed by atoms with Crippen LogP contribution in [-0.4, -0.2) is 28.3 Å². The standard InChI is InChI=1S/C17H19NO2S2/c1-3-5-11-20-14-8-6-13(7-9-14)12-15-16(19)18(10-4-2)17(21)22-15/h4,6-9,12H,2-3,5,10-11H2,1H3/b15-12-. The van der Waals surface area contributed by atoms with E-state index < -0.39 is 0 Å². The smallest absolute Gasteiger partial charge is 0.266 e. The number of thioether (sulfide) groups is 1. The number of thiocarbonyl (C=S) groups is 1. The molecular weight excluding hydrogens is 314 g/mol. The molecule has 3 nitrogen and oxygen atoms in total. The molecule has 22 heavy (non-hydrogen) atoms. The average molecular weight is 333 g/mol. The van der Waals surface area contributed by atoms with Gasteiger partial charge in [0, 0.05) is 6.54 Å². The molecule has 1 aliphatic heterocycles. The Morgan fingerprint density at radius 1 is 1.36 bits per heavy atom. The topological polar surface area (TPSA) is 29.5 Å². The molecule has 0 bridgehead atoms. The fourth-order valence-electron chi connectivity index (χ4n) is 1.93. The molecule has 0 aliphatic carbocycles. The Bertz CT molecular complexity index is 593. The van der Waals surface area contributed by atoms with Crippen molar-refractivity contribution in [1.82, 2.24) is 4.90 Å². The van der Waals surface area contributed by atoms with Crippen LogP contribution in [0.3, 0.4) is 0 Å². The molecule has 0 atom stereocenters. The maximum atomic E-state index is 12.2. The Morgan fingerprint density at radius 2 is 2.09 bits per heavy atom. The molecule has 1 aromatic rings. The Balaban J connectivity index is 2.05. The maximum Gasteiger partial charge on any atom is 0.266 e. The van der Waals surface area contributed by atoms with E-state index in [1.165, 1.54) is 11.8 Å². The van der Waals surface area contributed by atoms with E-state index in [9.17, 15) is 4.79 Å².